The SMILES string of the molecule is CCOC(=O)c1c(C)[nH]c(/C=C2/C(=O)NN=C2c2ccccc2)c1C. The first kappa shape index (κ1) is 16.7. The number of nitrogens with zero attached hydrogens (tertiary/aromatic N) is 1. The lowest BCUT2D eigenvalue weighted by molar-refractivity contribution is -0.116. The number of hydrogen-bond donors (Lipinski definition) is 2. The van der Waals surface area contributed by atoms with Gasteiger partial charge in [0.15, 0.2) is 0 Å². The van der Waals surface area contributed by atoms with E-state index in [9.17, 15) is 9.59 Å². The molecular weight excluding hydrogens is 318 g/mol. The summed E-state index contributed by atoms with van der Waals surface area (Å²) in [4.78, 5) is 27.5. The van der Waals surface area contributed by atoms with Crippen LogP contribution in [-0.4, -0.2) is 29.2 Å². The highest BCUT2D eigenvalue weighted by Crippen LogP contribution is 2.23. The Balaban J connectivity index is 2.02. The minimum absolute atomic E-state index is 0.275. The van der Waals surface area contributed by atoms with E-state index in [0.717, 1.165) is 11.1 Å². The topological polar surface area (TPSA) is 83.5 Å². The molecule has 0 saturated heterocycles. The number of H-pyrrole nitrogens is 1. The van der Waals surface area contributed by atoms with Crippen molar-refractivity contribution in [1.29, 1.82) is 0 Å². The highest BCUT2D eigenvalue weighted by Gasteiger charge is 2.25. The van der Waals surface area contributed by atoms with Gasteiger partial charge in [0.1, 0.15) is 5.71 Å². The van der Waals surface area contributed by atoms with Gasteiger partial charge in [0, 0.05) is 17.0 Å². The standard InChI is InChI=1S/C19H19N3O3/c1-4-25-19(24)16-11(2)15(20-12(16)3)10-14-17(21-22-18(14)23)13-8-6-5-7-9-13/h5-10,20H,4H2,1-3H3,(H,22,23)/b14-10+. The van der Waals surface area contributed by atoms with Gasteiger partial charge in [0.05, 0.1) is 17.7 Å². The summed E-state index contributed by atoms with van der Waals surface area (Å²) in [6.07, 6.45) is 1.72. The molecule has 0 atom stereocenters. The maximum absolute atomic E-state index is 12.2. The van der Waals surface area contributed by atoms with Crippen molar-refractivity contribution in [2.75, 3.05) is 6.61 Å². The summed E-state index contributed by atoms with van der Waals surface area (Å²) in [6, 6.07) is 9.47. The van der Waals surface area contributed by atoms with E-state index in [-0.39, 0.29) is 11.9 Å². The Kier molecular flexibility index (Phi) is 4.52. The summed E-state index contributed by atoms with van der Waals surface area (Å²) in [6.45, 7) is 5.71. The molecule has 2 heterocycles. The van der Waals surface area contributed by atoms with Gasteiger partial charge < -0.3 is 9.72 Å². The Morgan fingerprint density at radius 1 is 1.24 bits per heavy atom. The Labute approximate surface area is 145 Å². The number of hydrazone groups is 1. The van der Waals surface area contributed by atoms with Gasteiger partial charge in [0.2, 0.25) is 0 Å². The van der Waals surface area contributed by atoms with Crippen molar-refractivity contribution in [2.24, 2.45) is 5.10 Å². The van der Waals surface area contributed by atoms with Gasteiger partial charge in [-0.05, 0) is 32.4 Å². The van der Waals surface area contributed by atoms with E-state index in [2.05, 4.69) is 15.5 Å². The van der Waals surface area contributed by atoms with Gasteiger partial charge in [-0.2, -0.15) is 5.10 Å². The predicted octanol–water partition coefficient (Wildman–Crippen LogP) is 2.73. The van der Waals surface area contributed by atoms with Crippen LogP contribution in [0.4, 0.5) is 0 Å². The molecule has 6 nitrogen and oxygen atoms in total. The highest BCUT2D eigenvalue weighted by atomic mass is 16.5. The molecule has 0 bridgehead atoms. The Bertz CT molecular complexity index is 892. The summed E-state index contributed by atoms with van der Waals surface area (Å²) >= 11 is 0. The number of carbonyl (C=O) groups excluding carboxylic acids is 2. The fraction of sp³-hybridized carbons (Fsp3) is 0.211. The average molecular weight is 337 g/mol. The first-order chi connectivity index (χ1) is 12.0. The summed E-state index contributed by atoms with van der Waals surface area (Å²) in [5.41, 5.74) is 7.02. The normalized spacial score (nSPS) is 15.2. The molecule has 1 aromatic heterocycles. The van der Waals surface area contributed by atoms with Crippen LogP contribution in [0.2, 0.25) is 0 Å². The first-order valence-electron chi connectivity index (χ1n) is 8.04. The molecule has 0 saturated carbocycles. The second kappa shape index (κ2) is 6.76. The number of ether oxygens (including phenoxy) is 1. The van der Waals surface area contributed by atoms with E-state index >= 15 is 0 Å². The molecule has 3 rings (SSSR count). The zero-order valence-electron chi connectivity index (χ0n) is 14.3. The van der Waals surface area contributed by atoms with Crippen molar-refractivity contribution in [1.82, 2.24) is 10.4 Å². The number of aryl methyl sites for hydroxylation is 1. The quantitative estimate of drug-likeness (QED) is 0.665. The number of amides is 1. The third-order valence-electron chi connectivity index (χ3n) is 4.06. The third-order valence-corrected chi connectivity index (χ3v) is 4.06. The van der Waals surface area contributed by atoms with Gasteiger partial charge in [0.25, 0.3) is 5.91 Å². The van der Waals surface area contributed by atoms with Crippen LogP contribution in [0, 0.1) is 13.8 Å². The van der Waals surface area contributed by atoms with Gasteiger partial charge in [-0.15, -0.1) is 0 Å². The summed E-state index contributed by atoms with van der Waals surface area (Å²) in [5.74, 6) is -0.644. The summed E-state index contributed by atoms with van der Waals surface area (Å²) < 4.78 is 5.10. The zero-order chi connectivity index (χ0) is 18.0. The number of benzene rings is 1. The first-order valence-corrected chi connectivity index (χ1v) is 8.04. The highest BCUT2D eigenvalue weighted by molar-refractivity contribution is 6.33. The van der Waals surface area contributed by atoms with Crippen molar-refractivity contribution in [3.05, 3.63) is 64.0 Å². The molecule has 1 aromatic carbocycles. The summed E-state index contributed by atoms with van der Waals surface area (Å²) in [7, 11) is 0. The minimum atomic E-state index is -0.369. The predicted molar refractivity (Wildman–Crippen MR) is 95.3 cm³/mol. The minimum Gasteiger partial charge on any atom is -0.462 e. The van der Waals surface area contributed by atoms with Gasteiger partial charge in [-0.1, -0.05) is 30.3 Å². The lowest BCUT2D eigenvalue weighted by atomic mass is 10.0. The van der Waals surface area contributed by atoms with Crippen molar-refractivity contribution < 1.29 is 14.3 Å². The molecule has 0 unspecified atom stereocenters. The second-order valence-corrected chi connectivity index (χ2v) is 5.71. The van der Waals surface area contributed by atoms with Crippen LogP contribution in [0.1, 0.15) is 39.8 Å². The van der Waals surface area contributed by atoms with E-state index in [1.54, 1.807) is 13.0 Å². The van der Waals surface area contributed by atoms with E-state index in [1.165, 1.54) is 0 Å². The van der Waals surface area contributed by atoms with E-state index in [0.29, 0.717) is 34.8 Å². The molecule has 128 valence electrons. The number of hydrogen-bond acceptors (Lipinski definition) is 4. The van der Waals surface area contributed by atoms with E-state index < -0.39 is 0 Å². The number of esters is 1. The van der Waals surface area contributed by atoms with Crippen molar-refractivity contribution in [2.45, 2.75) is 20.8 Å². The van der Waals surface area contributed by atoms with E-state index in [1.807, 2.05) is 44.2 Å². The number of carbonyl (C=O) groups is 2. The van der Waals surface area contributed by atoms with Crippen LogP contribution in [0.3, 0.4) is 0 Å². The molecule has 1 aliphatic heterocycles. The van der Waals surface area contributed by atoms with Gasteiger partial charge in [-0.25, -0.2) is 10.2 Å². The van der Waals surface area contributed by atoms with Crippen LogP contribution in [0.5, 0.6) is 0 Å². The third kappa shape index (κ3) is 3.10. The van der Waals surface area contributed by atoms with Gasteiger partial charge >= 0.3 is 5.97 Å². The van der Waals surface area contributed by atoms with Crippen LogP contribution >= 0.6 is 0 Å². The molecule has 0 aliphatic carbocycles. The Morgan fingerprint density at radius 3 is 2.64 bits per heavy atom. The molecule has 2 aromatic rings. The molecule has 0 fully saturated rings. The lowest BCUT2D eigenvalue weighted by Gasteiger charge is -2.03. The molecule has 6 heteroatoms. The van der Waals surface area contributed by atoms with Crippen LogP contribution in [-0.2, 0) is 9.53 Å². The van der Waals surface area contributed by atoms with Crippen LogP contribution < -0.4 is 5.43 Å². The molecule has 0 spiro atoms. The second-order valence-electron chi connectivity index (χ2n) is 5.71. The van der Waals surface area contributed by atoms with Crippen molar-refractivity contribution in [3.8, 4) is 0 Å². The molecule has 1 aliphatic rings. The van der Waals surface area contributed by atoms with E-state index in [4.69, 9.17) is 4.74 Å². The molecule has 0 radical (unpaired) electrons. The fourth-order valence-corrected chi connectivity index (χ4v) is 2.86. The Morgan fingerprint density at radius 2 is 1.96 bits per heavy atom. The largest absolute Gasteiger partial charge is 0.462 e. The van der Waals surface area contributed by atoms with Crippen molar-refractivity contribution in [3.63, 3.8) is 0 Å². The van der Waals surface area contributed by atoms with Crippen LogP contribution in [0.25, 0.3) is 6.08 Å². The zero-order valence-corrected chi connectivity index (χ0v) is 14.3. The monoisotopic (exact) mass is 337 g/mol. The van der Waals surface area contributed by atoms with Crippen LogP contribution in [0.15, 0.2) is 41.0 Å². The fourth-order valence-electron chi connectivity index (χ4n) is 2.86. The average Bonchev–Trinajstić information content (AvgIpc) is 3.09. The smallest absolute Gasteiger partial charge is 0.340 e. The van der Waals surface area contributed by atoms with Gasteiger partial charge in [-0.3, -0.25) is 4.79 Å². The number of nitrogens with one attached hydrogen (secondary N) is 2. The number of aromatic nitrogens is 1. The lowest BCUT2D eigenvalue weighted by Crippen LogP contribution is -2.13. The summed E-state index contributed by atoms with van der Waals surface area (Å²) in [5, 5.41) is 4.13. The number of rotatable bonds is 4. The Hall–Kier alpha value is -3.15. The number of aromatic amines is 1. The molecular formula is C19H19N3O3. The molecule has 2 N–H and O–H groups in total. The molecule has 1 amide bonds. The molecule has 25 heavy (non-hydrogen) atoms. The maximum Gasteiger partial charge on any atom is 0.340 e. The van der Waals surface area contributed by atoms with Crippen molar-refractivity contribution >= 4 is 23.7 Å². The maximum atomic E-state index is 12.2.